The van der Waals surface area contributed by atoms with E-state index in [1.54, 1.807) is 24.1 Å². The highest BCUT2D eigenvalue weighted by molar-refractivity contribution is 6.30. The van der Waals surface area contributed by atoms with Gasteiger partial charge >= 0.3 is 0 Å². The second-order valence-corrected chi connectivity index (χ2v) is 4.45. The minimum Gasteiger partial charge on any atom is -0.346 e. The van der Waals surface area contributed by atoms with Crippen LogP contribution in [0.25, 0.3) is 0 Å². The zero-order chi connectivity index (χ0) is 12.4. The minimum atomic E-state index is -0.283. The molecule has 0 spiro atoms. The fourth-order valence-electron chi connectivity index (χ4n) is 1.73. The molecular formula is C11H12ClN3O2. The number of likely N-dealkylation sites (N-methyl/N-ethyl adjacent to an activating group) is 1. The molecule has 0 bridgehead atoms. The van der Waals surface area contributed by atoms with Crippen LogP contribution in [-0.4, -0.2) is 41.3 Å². The predicted molar refractivity (Wildman–Crippen MR) is 62.8 cm³/mol. The fourth-order valence-corrected chi connectivity index (χ4v) is 1.84. The van der Waals surface area contributed by atoms with Crippen molar-refractivity contribution in [3.05, 3.63) is 29.0 Å². The summed E-state index contributed by atoms with van der Waals surface area (Å²) in [4.78, 5) is 28.6. The summed E-state index contributed by atoms with van der Waals surface area (Å²) < 4.78 is 0. The van der Waals surface area contributed by atoms with Gasteiger partial charge < -0.3 is 10.2 Å². The van der Waals surface area contributed by atoms with Gasteiger partial charge in [-0.1, -0.05) is 11.6 Å². The number of pyridine rings is 1. The summed E-state index contributed by atoms with van der Waals surface area (Å²) in [6.45, 7) is 0.540. The third-order valence-electron chi connectivity index (χ3n) is 2.64. The van der Waals surface area contributed by atoms with Crippen LogP contribution in [0.3, 0.4) is 0 Å². The van der Waals surface area contributed by atoms with Crippen molar-refractivity contribution >= 4 is 23.4 Å². The molecule has 0 aromatic carbocycles. The number of nitrogens with zero attached hydrogens (tertiary/aromatic N) is 2. The highest BCUT2D eigenvalue weighted by Crippen LogP contribution is 2.10. The molecule has 1 saturated heterocycles. The van der Waals surface area contributed by atoms with E-state index >= 15 is 0 Å². The Kier molecular flexibility index (Phi) is 3.28. The van der Waals surface area contributed by atoms with Crippen molar-refractivity contribution in [1.29, 1.82) is 0 Å². The average Bonchev–Trinajstić information content (AvgIpc) is 2.58. The maximum absolute atomic E-state index is 11.8. The van der Waals surface area contributed by atoms with E-state index in [9.17, 15) is 9.59 Å². The van der Waals surface area contributed by atoms with Crippen LogP contribution in [0, 0.1) is 0 Å². The molecule has 6 heteroatoms. The minimum absolute atomic E-state index is 0.0411. The number of rotatable bonds is 2. The normalized spacial score (nSPS) is 19.5. The number of aromatic nitrogens is 1. The maximum atomic E-state index is 11.8. The highest BCUT2D eigenvalue weighted by Gasteiger charge is 2.28. The number of hydrogen-bond acceptors (Lipinski definition) is 3. The van der Waals surface area contributed by atoms with Crippen LogP contribution in [-0.2, 0) is 4.79 Å². The fraction of sp³-hybridized carbons (Fsp3) is 0.364. The molecule has 2 heterocycles. The van der Waals surface area contributed by atoms with Gasteiger partial charge in [0.25, 0.3) is 5.91 Å². The molecule has 1 aliphatic rings. The van der Waals surface area contributed by atoms with Crippen molar-refractivity contribution in [2.24, 2.45) is 0 Å². The number of carbonyl (C=O) groups is 2. The molecule has 1 aromatic rings. The lowest BCUT2D eigenvalue weighted by Gasteiger charge is -2.11. The van der Waals surface area contributed by atoms with Crippen molar-refractivity contribution in [3.8, 4) is 0 Å². The summed E-state index contributed by atoms with van der Waals surface area (Å²) in [6.07, 6.45) is 1.76. The van der Waals surface area contributed by atoms with Gasteiger partial charge in [0.2, 0.25) is 5.91 Å². The molecule has 1 unspecified atom stereocenters. The van der Waals surface area contributed by atoms with Gasteiger partial charge in [-0.15, -0.1) is 0 Å². The average molecular weight is 254 g/mol. The first-order valence-electron chi connectivity index (χ1n) is 5.22. The van der Waals surface area contributed by atoms with Crippen LogP contribution in [0.2, 0.25) is 5.02 Å². The SMILES string of the molecule is CN1CC(NC(=O)c2ccc(Cl)cn2)CC1=O. The summed E-state index contributed by atoms with van der Waals surface area (Å²) in [5, 5.41) is 3.25. The number of carbonyl (C=O) groups excluding carboxylic acids is 2. The van der Waals surface area contributed by atoms with Crippen molar-refractivity contribution in [2.45, 2.75) is 12.5 Å². The van der Waals surface area contributed by atoms with Gasteiger partial charge in [-0.05, 0) is 12.1 Å². The zero-order valence-corrected chi connectivity index (χ0v) is 10.1. The summed E-state index contributed by atoms with van der Waals surface area (Å²) in [5.41, 5.74) is 0.302. The molecule has 2 amide bonds. The van der Waals surface area contributed by atoms with Gasteiger partial charge in [0.15, 0.2) is 0 Å². The third kappa shape index (κ3) is 2.74. The standard InChI is InChI=1S/C11H12ClN3O2/c1-15-6-8(4-10(15)16)14-11(17)9-3-2-7(12)5-13-9/h2-3,5,8H,4,6H2,1H3,(H,14,17). The Morgan fingerprint density at radius 2 is 2.35 bits per heavy atom. The Hall–Kier alpha value is -1.62. The van der Waals surface area contributed by atoms with Crippen LogP contribution in [0.1, 0.15) is 16.9 Å². The Morgan fingerprint density at radius 3 is 2.88 bits per heavy atom. The zero-order valence-electron chi connectivity index (χ0n) is 9.31. The predicted octanol–water partition coefficient (Wildman–Crippen LogP) is 0.696. The lowest BCUT2D eigenvalue weighted by Crippen LogP contribution is -2.36. The number of amides is 2. The molecule has 1 fully saturated rings. The van der Waals surface area contributed by atoms with E-state index in [4.69, 9.17) is 11.6 Å². The van der Waals surface area contributed by atoms with Gasteiger partial charge in [0.05, 0.1) is 11.1 Å². The first-order valence-corrected chi connectivity index (χ1v) is 5.60. The molecule has 1 atom stereocenters. The topological polar surface area (TPSA) is 62.3 Å². The third-order valence-corrected chi connectivity index (χ3v) is 2.86. The lowest BCUT2D eigenvalue weighted by atomic mass is 10.2. The van der Waals surface area contributed by atoms with Crippen molar-refractivity contribution < 1.29 is 9.59 Å². The Morgan fingerprint density at radius 1 is 1.59 bits per heavy atom. The van der Waals surface area contributed by atoms with Gasteiger partial charge in [-0.2, -0.15) is 0 Å². The number of hydrogen-bond donors (Lipinski definition) is 1. The monoisotopic (exact) mass is 253 g/mol. The summed E-state index contributed by atoms with van der Waals surface area (Å²) >= 11 is 5.68. The van der Waals surface area contributed by atoms with Crippen molar-refractivity contribution in [1.82, 2.24) is 15.2 Å². The molecule has 1 aromatic heterocycles. The molecule has 1 aliphatic heterocycles. The van der Waals surface area contributed by atoms with Gasteiger partial charge in [0.1, 0.15) is 5.69 Å². The first kappa shape index (κ1) is 11.9. The summed E-state index contributed by atoms with van der Waals surface area (Å²) in [5.74, 6) is -0.242. The first-order chi connectivity index (χ1) is 8.06. The van der Waals surface area contributed by atoms with E-state index in [-0.39, 0.29) is 17.9 Å². The molecule has 17 heavy (non-hydrogen) atoms. The summed E-state index contributed by atoms with van der Waals surface area (Å²) in [6, 6.07) is 3.02. The number of nitrogens with one attached hydrogen (secondary N) is 1. The second kappa shape index (κ2) is 4.71. The summed E-state index contributed by atoms with van der Waals surface area (Å²) in [7, 11) is 1.72. The number of likely N-dealkylation sites (tertiary alicyclic amines) is 1. The van der Waals surface area contributed by atoms with Crippen LogP contribution >= 0.6 is 11.6 Å². The Balaban J connectivity index is 1.98. The quantitative estimate of drug-likeness (QED) is 0.844. The Labute approximate surface area is 104 Å². The van der Waals surface area contributed by atoms with E-state index < -0.39 is 0 Å². The van der Waals surface area contributed by atoms with E-state index in [0.717, 1.165) is 0 Å². The Bertz CT molecular complexity index is 447. The molecular weight excluding hydrogens is 242 g/mol. The number of halogens is 1. The van der Waals surface area contributed by atoms with E-state index in [1.807, 2.05) is 0 Å². The molecule has 2 rings (SSSR count). The van der Waals surface area contributed by atoms with Crippen LogP contribution in [0.15, 0.2) is 18.3 Å². The molecule has 1 N–H and O–H groups in total. The highest BCUT2D eigenvalue weighted by atomic mass is 35.5. The van der Waals surface area contributed by atoms with Gasteiger partial charge in [0, 0.05) is 26.2 Å². The molecule has 0 aliphatic carbocycles. The van der Waals surface area contributed by atoms with E-state index in [2.05, 4.69) is 10.3 Å². The van der Waals surface area contributed by atoms with E-state index in [1.165, 1.54) is 6.20 Å². The molecule has 0 saturated carbocycles. The van der Waals surface area contributed by atoms with Crippen LogP contribution in [0.4, 0.5) is 0 Å². The molecule has 0 radical (unpaired) electrons. The molecule has 90 valence electrons. The second-order valence-electron chi connectivity index (χ2n) is 4.01. The molecule has 5 nitrogen and oxygen atoms in total. The van der Waals surface area contributed by atoms with Crippen LogP contribution in [0.5, 0.6) is 0 Å². The largest absolute Gasteiger partial charge is 0.346 e. The van der Waals surface area contributed by atoms with Crippen molar-refractivity contribution in [2.75, 3.05) is 13.6 Å². The maximum Gasteiger partial charge on any atom is 0.270 e. The van der Waals surface area contributed by atoms with Gasteiger partial charge in [-0.3, -0.25) is 9.59 Å². The van der Waals surface area contributed by atoms with Gasteiger partial charge in [-0.25, -0.2) is 4.98 Å². The van der Waals surface area contributed by atoms with E-state index in [0.29, 0.717) is 23.7 Å². The van der Waals surface area contributed by atoms with Crippen molar-refractivity contribution in [3.63, 3.8) is 0 Å². The van der Waals surface area contributed by atoms with Crippen LogP contribution < -0.4 is 5.32 Å². The lowest BCUT2D eigenvalue weighted by molar-refractivity contribution is -0.126. The smallest absolute Gasteiger partial charge is 0.270 e.